The van der Waals surface area contributed by atoms with E-state index in [0.29, 0.717) is 38.9 Å². The molecule has 2 aromatic heterocycles. The van der Waals surface area contributed by atoms with Crippen molar-refractivity contribution in [2.75, 3.05) is 16.8 Å². The Morgan fingerprint density at radius 2 is 1.85 bits per heavy atom. The normalized spacial score (nSPS) is 18.1. The van der Waals surface area contributed by atoms with Gasteiger partial charge in [-0.2, -0.15) is 0 Å². The number of urea groups is 1. The zero-order chi connectivity index (χ0) is 28.5. The number of pyridine rings is 1. The highest BCUT2D eigenvalue weighted by atomic mass is 32.1. The number of nitrogens with one attached hydrogen (secondary N) is 3. The van der Waals surface area contributed by atoms with Gasteiger partial charge in [0, 0.05) is 18.3 Å². The number of hydrogen-bond donors (Lipinski definition) is 4. The van der Waals surface area contributed by atoms with E-state index in [2.05, 4.69) is 20.9 Å². The van der Waals surface area contributed by atoms with Gasteiger partial charge < -0.3 is 26.4 Å². The molecule has 210 valence electrons. The van der Waals surface area contributed by atoms with Gasteiger partial charge in [0.2, 0.25) is 5.91 Å². The highest BCUT2D eigenvalue weighted by Gasteiger charge is 2.34. The highest BCUT2D eigenvalue weighted by molar-refractivity contribution is 7.21. The lowest BCUT2D eigenvalue weighted by atomic mass is 9.91. The van der Waals surface area contributed by atoms with Crippen molar-refractivity contribution >= 4 is 56.5 Å². The molecule has 2 atom stereocenters. The minimum absolute atomic E-state index is 0.0277. The molecule has 3 heterocycles. The monoisotopic (exact) mass is 570 g/mol. The number of carbonyl (C=O) groups is 3. The van der Waals surface area contributed by atoms with E-state index in [1.54, 1.807) is 17.2 Å². The first-order chi connectivity index (χ1) is 19.9. The van der Waals surface area contributed by atoms with Gasteiger partial charge in [0.05, 0.1) is 29.0 Å². The number of amides is 4. The van der Waals surface area contributed by atoms with Crippen molar-refractivity contribution in [1.82, 2.24) is 15.6 Å². The molecule has 4 amide bonds. The molecule has 0 spiro atoms. The molecule has 0 bridgehead atoms. The standard InChI is InChI=1S/C30H30N6O4S/c1-17-14-21(40-20-8-3-2-4-9-20)10-11-22(17)36-23-12-13-32-29-25(23)26(35-30(36)39)27(41-29)28(38)34-19-7-5-6-18(15-19)33-24(37)16-31/h2-4,8-14,18-19H,5-7,15-16,31H2,1H3,(H,33,37)(H,34,38)(H,35,39)/t18?,19-/m0/s1. The zero-order valence-corrected chi connectivity index (χ0v) is 23.3. The van der Waals surface area contributed by atoms with Crippen molar-refractivity contribution in [2.24, 2.45) is 5.73 Å². The van der Waals surface area contributed by atoms with Crippen LogP contribution < -0.4 is 31.3 Å². The summed E-state index contributed by atoms with van der Waals surface area (Å²) in [6, 6.07) is 16.4. The summed E-state index contributed by atoms with van der Waals surface area (Å²) in [5, 5.41) is 9.72. The fourth-order valence-electron chi connectivity index (χ4n) is 5.54. The maximum atomic E-state index is 13.5. The summed E-state index contributed by atoms with van der Waals surface area (Å²) in [5.74, 6) is 0.925. The maximum absolute atomic E-state index is 13.5. The highest BCUT2D eigenvalue weighted by Crippen LogP contribution is 2.46. The first-order valence-corrected chi connectivity index (χ1v) is 14.4. The Hall–Kier alpha value is -4.48. The van der Waals surface area contributed by atoms with Crippen LogP contribution in [0.5, 0.6) is 11.5 Å². The Morgan fingerprint density at radius 3 is 2.61 bits per heavy atom. The van der Waals surface area contributed by atoms with Gasteiger partial charge in [-0.25, -0.2) is 9.78 Å². The summed E-state index contributed by atoms with van der Waals surface area (Å²) in [7, 11) is 0. The zero-order valence-electron chi connectivity index (χ0n) is 22.5. The van der Waals surface area contributed by atoms with Crippen molar-refractivity contribution in [3.05, 3.63) is 71.2 Å². The molecule has 10 nitrogen and oxygen atoms in total. The van der Waals surface area contributed by atoms with Crippen LogP contribution in [0.15, 0.2) is 60.8 Å². The van der Waals surface area contributed by atoms with Crippen LogP contribution in [0, 0.1) is 6.92 Å². The van der Waals surface area contributed by atoms with Gasteiger partial charge in [-0.15, -0.1) is 11.3 Å². The second kappa shape index (κ2) is 11.2. The van der Waals surface area contributed by atoms with E-state index in [9.17, 15) is 14.4 Å². The number of ether oxygens (including phenoxy) is 1. The number of aromatic nitrogens is 1. The lowest BCUT2D eigenvalue weighted by Crippen LogP contribution is -2.47. The van der Waals surface area contributed by atoms with Crippen LogP contribution in [0.25, 0.3) is 10.2 Å². The van der Waals surface area contributed by atoms with Crippen molar-refractivity contribution in [3.63, 3.8) is 0 Å². The molecular weight excluding hydrogens is 540 g/mol. The first kappa shape index (κ1) is 26.7. The van der Waals surface area contributed by atoms with Crippen LogP contribution in [-0.4, -0.2) is 41.5 Å². The number of nitrogens with two attached hydrogens (primary N) is 1. The summed E-state index contributed by atoms with van der Waals surface area (Å²) in [6.07, 6.45) is 4.83. The number of carbonyl (C=O) groups excluding carboxylic acids is 3. The largest absolute Gasteiger partial charge is 0.457 e. The predicted molar refractivity (Wildman–Crippen MR) is 159 cm³/mol. The van der Waals surface area contributed by atoms with E-state index >= 15 is 0 Å². The molecule has 2 aliphatic rings. The van der Waals surface area contributed by atoms with Crippen LogP contribution in [0.1, 0.15) is 40.9 Å². The lowest BCUT2D eigenvalue weighted by molar-refractivity contribution is -0.120. The number of aryl methyl sites for hydroxylation is 1. The molecule has 11 heteroatoms. The second-order valence-corrected chi connectivity index (χ2v) is 11.3. The molecule has 41 heavy (non-hydrogen) atoms. The summed E-state index contributed by atoms with van der Waals surface area (Å²) in [6.45, 7) is 1.87. The maximum Gasteiger partial charge on any atom is 0.331 e. The molecule has 5 N–H and O–H groups in total. The van der Waals surface area contributed by atoms with Crippen molar-refractivity contribution in [2.45, 2.75) is 44.7 Å². The Labute approximate surface area is 240 Å². The van der Waals surface area contributed by atoms with Crippen LogP contribution in [-0.2, 0) is 4.79 Å². The minimum atomic E-state index is -0.362. The fourth-order valence-corrected chi connectivity index (χ4v) is 6.56. The van der Waals surface area contributed by atoms with Gasteiger partial charge in [0.1, 0.15) is 21.2 Å². The van der Waals surface area contributed by atoms with E-state index < -0.39 is 0 Å². The van der Waals surface area contributed by atoms with Gasteiger partial charge in [-0.1, -0.05) is 18.2 Å². The number of hydrogen-bond acceptors (Lipinski definition) is 7. The summed E-state index contributed by atoms with van der Waals surface area (Å²) >= 11 is 1.25. The van der Waals surface area contributed by atoms with Crippen LogP contribution in [0.3, 0.4) is 0 Å². The van der Waals surface area contributed by atoms with Gasteiger partial charge in [0.15, 0.2) is 0 Å². The van der Waals surface area contributed by atoms with Crippen molar-refractivity contribution in [3.8, 4) is 11.5 Å². The third-order valence-corrected chi connectivity index (χ3v) is 8.50. The Kier molecular flexibility index (Phi) is 7.29. The number of nitrogens with zero attached hydrogens (tertiary/aromatic N) is 2. The number of anilines is 3. The Bertz CT molecular complexity index is 1640. The number of para-hydroxylation sites is 1. The average Bonchev–Trinajstić information content (AvgIpc) is 3.34. The van der Waals surface area contributed by atoms with Gasteiger partial charge in [-0.3, -0.25) is 14.5 Å². The topological polar surface area (TPSA) is 139 Å². The van der Waals surface area contributed by atoms with Crippen LogP contribution >= 0.6 is 11.3 Å². The SMILES string of the molecule is Cc1cc(Oc2ccccc2)ccc1N1C(=O)Nc2c(C(=O)N[C@H]3CCCC(NC(=O)CN)C3)sc3nccc1c23. The second-order valence-electron chi connectivity index (χ2n) is 10.3. The van der Waals surface area contributed by atoms with Gasteiger partial charge in [-0.05, 0) is 74.6 Å². The number of rotatable bonds is 7. The average molecular weight is 571 g/mol. The molecule has 0 saturated heterocycles. The smallest absolute Gasteiger partial charge is 0.331 e. The summed E-state index contributed by atoms with van der Waals surface area (Å²) in [4.78, 5) is 45.9. The third-order valence-electron chi connectivity index (χ3n) is 7.40. The Morgan fingerprint density at radius 1 is 1.07 bits per heavy atom. The molecular formula is C30H30N6O4S. The quantitative estimate of drug-likeness (QED) is 0.241. The number of benzene rings is 2. The lowest BCUT2D eigenvalue weighted by Gasteiger charge is -2.31. The van der Waals surface area contributed by atoms with Gasteiger partial charge >= 0.3 is 6.03 Å². The van der Waals surface area contributed by atoms with Crippen LogP contribution in [0.4, 0.5) is 21.9 Å². The summed E-state index contributed by atoms with van der Waals surface area (Å²) in [5.41, 5.74) is 8.12. The molecule has 2 aromatic carbocycles. The molecule has 4 aromatic rings. The summed E-state index contributed by atoms with van der Waals surface area (Å²) < 4.78 is 5.97. The van der Waals surface area contributed by atoms with Gasteiger partial charge in [0.25, 0.3) is 5.91 Å². The molecule has 0 radical (unpaired) electrons. The third kappa shape index (κ3) is 5.33. The molecule has 6 rings (SSSR count). The molecule has 1 fully saturated rings. The fraction of sp³-hybridized carbons (Fsp3) is 0.267. The number of thiophene rings is 1. The van der Waals surface area contributed by atoms with E-state index in [1.165, 1.54) is 11.3 Å². The molecule has 1 unspecified atom stereocenters. The first-order valence-electron chi connectivity index (χ1n) is 13.6. The Balaban J connectivity index is 1.26. The minimum Gasteiger partial charge on any atom is -0.457 e. The van der Waals surface area contributed by atoms with E-state index in [-0.39, 0.29) is 36.5 Å². The van der Waals surface area contributed by atoms with E-state index in [0.717, 1.165) is 36.0 Å². The molecule has 1 aliphatic heterocycles. The van der Waals surface area contributed by atoms with Crippen molar-refractivity contribution in [1.29, 1.82) is 0 Å². The molecule has 1 saturated carbocycles. The van der Waals surface area contributed by atoms with Crippen molar-refractivity contribution < 1.29 is 19.1 Å². The molecule has 1 aliphatic carbocycles. The predicted octanol–water partition coefficient (Wildman–Crippen LogP) is 5.20. The van der Waals surface area contributed by atoms with E-state index in [4.69, 9.17) is 10.5 Å². The van der Waals surface area contributed by atoms with Crippen LogP contribution in [0.2, 0.25) is 0 Å². The van der Waals surface area contributed by atoms with E-state index in [1.807, 2.05) is 55.5 Å².